The fourth-order valence-corrected chi connectivity index (χ4v) is 3.90. The van der Waals surface area contributed by atoms with E-state index in [0.29, 0.717) is 43.4 Å². The Kier molecular flexibility index (Phi) is 5.65. The fourth-order valence-electron chi connectivity index (χ4n) is 3.44. The highest BCUT2D eigenvalue weighted by molar-refractivity contribution is 6.35. The topological polar surface area (TPSA) is 68.5 Å². The van der Waals surface area contributed by atoms with Gasteiger partial charge in [-0.15, -0.1) is 0 Å². The molecule has 4 rings (SSSR count). The van der Waals surface area contributed by atoms with Gasteiger partial charge >= 0.3 is 0 Å². The quantitative estimate of drug-likeness (QED) is 0.367. The minimum Gasteiger partial charge on any atom is -0.479 e. The Morgan fingerprint density at radius 2 is 1.81 bits per heavy atom. The summed E-state index contributed by atoms with van der Waals surface area (Å²) >= 11 is 12.0. The van der Waals surface area contributed by atoms with E-state index in [2.05, 4.69) is 5.32 Å². The minimum absolute atomic E-state index is 0.102. The largest absolute Gasteiger partial charge is 0.479 e. The maximum atomic E-state index is 12.9. The number of benzene rings is 3. The van der Waals surface area contributed by atoms with E-state index >= 15 is 0 Å². The van der Waals surface area contributed by atoms with Gasteiger partial charge in [0.2, 0.25) is 5.43 Å². The van der Waals surface area contributed by atoms with Crippen molar-refractivity contribution in [3.05, 3.63) is 79.9 Å². The molecule has 0 spiro atoms. The molecule has 0 saturated heterocycles. The van der Waals surface area contributed by atoms with Gasteiger partial charge in [-0.3, -0.25) is 9.59 Å². The van der Waals surface area contributed by atoms with Crippen LogP contribution in [0.1, 0.15) is 18.1 Å². The summed E-state index contributed by atoms with van der Waals surface area (Å²) in [5, 5.41) is 4.57. The Bertz CT molecular complexity index is 1390. The minimum atomic E-state index is -0.816. The number of aryl methyl sites for hydroxylation is 2. The molecule has 1 amide bonds. The second-order valence-corrected chi connectivity index (χ2v) is 8.27. The maximum Gasteiger partial charge on any atom is 0.265 e. The molecule has 1 unspecified atom stereocenters. The van der Waals surface area contributed by atoms with Gasteiger partial charge in [-0.2, -0.15) is 0 Å². The molecule has 7 heteroatoms. The van der Waals surface area contributed by atoms with Crippen LogP contribution < -0.4 is 15.5 Å². The van der Waals surface area contributed by atoms with Crippen LogP contribution in [-0.2, 0) is 4.79 Å². The van der Waals surface area contributed by atoms with Gasteiger partial charge < -0.3 is 14.5 Å². The molecule has 158 valence electrons. The summed E-state index contributed by atoms with van der Waals surface area (Å²) in [5.41, 5.74) is 3.20. The SMILES string of the molecule is Cc1cc(C)c2oc3cc(NC(=O)C(C)Oc4ccc(Cl)cc4Cl)ccc3c(=O)c2c1. The van der Waals surface area contributed by atoms with E-state index in [4.69, 9.17) is 32.4 Å². The van der Waals surface area contributed by atoms with Crippen molar-refractivity contribution in [2.45, 2.75) is 26.9 Å². The molecule has 1 heterocycles. The Balaban J connectivity index is 1.61. The molecule has 0 bridgehead atoms. The molecule has 0 aliphatic heterocycles. The molecule has 1 N–H and O–H groups in total. The molecule has 1 atom stereocenters. The summed E-state index contributed by atoms with van der Waals surface area (Å²) in [6.45, 7) is 5.45. The summed E-state index contributed by atoms with van der Waals surface area (Å²) in [6.07, 6.45) is -0.816. The van der Waals surface area contributed by atoms with E-state index in [1.54, 1.807) is 43.3 Å². The van der Waals surface area contributed by atoms with Crippen molar-refractivity contribution in [1.29, 1.82) is 0 Å². The molecule has 3 aromatic carbocycles. The Morgan fingerprint density at radius 3 is 2.55 bits per heavy atom. The number of rotatable bonds is 4. The van der Waals surface area contributed by atoms with Crippen molar-refractivity contribution < 1.29 is 13.9 Å². The zero-order valence-electron chi connectivity index (χ0n) is 17.1. The molecular formula is C24H19Cl2NO4. The number of halogens is 2. The second kappa shape index (κ2) is 8.25. The lowest BCUT2D eigenvalue weighted by molar-refractivity contribution is -0.122. The number of fused-ring (bicyclic) bond motifs is 2. The average Bonchev–Trinajstić information content (AvgIpc) is 2.71. The standard InChI is InChI=1S/C24H19Cl2NO4/c1-12-8-13(2)23-18(9-12)22(28)17-6-5-16(11-21(17)31-23)27-24(29)14(3)30-20-7-4-15(25)10-19(20)26/h4-11,14H,1-3H3,(H,27,29). The van der Waals surface area contributed by atoms with E-state index in [9.17, 15) is 9.59 Å². The first-order chi connectivity index (χ1) is 14.7. The van der Waals surface area contributed by atoms with Crippen LogP contribution in [0, 0.1) is 13.8 Å². The normalized spacial score (nSPS) is 12.2. The van der Waals surface area contributed by atoms with Gasteiger partial charge in [0.1, 0.15) is 16.9 Å². The predicted molar refractivity (Wildman–Crippen MR) is 125 cm³/mol. The third-order valence-corrected chi connectivity index (χ3v) is 5.47. The number of amides is 1. The van der Waals surface area contributed by atoms with Crippen molar-refractivity contribution >= 4 is 56.7 Å². The smallest absolute Gasteiger partial charge is 0.265 e. The van der Waals surface area contributed by atoms with Gasteiger partial charge in [0.25, 0.3) is 5.91 Å². The average molecular weight is 456 g/mol. The van der Waals surface area contributed by atoms with Gasteiger partial charge in [-0.1, -0.05) is 29.3 Å². The second-order valence-electron chi connectivity index (χ2n) is 7.42. The van der Waals surface area contributed by atoms with Crippen LogP contribution in [0.3, 0.4) is 0 Å². The van der Waals surface area contributed by atoms with Crippen LogP contribution >= 0.6 is 23.2 Å². The van der Waals surface area contributed by atoms with Crippen molar-refractivity contribution in [3.63, 3.8) is 0 Å². The third-order valence-electron chi connectivity index (χ3n) is 4.94. The highest BCUT2D eigenvalue weighted by Gasteiger charge is 2.18. The molecule has 0 aliphatic rings. The first-order valence-corrected chi connectivity index (χ1v) is 10.4. The van der Waals surface area contributed by atoms with E-state index < -0.39 is 6.10 Å². The number of nitrogens with one attached hydrogen (secondary N) is 1. The van der Waals surface area contributed by atoms with E-state index in [1.165, 1.54) is 0 Å². The highest BCUT2D eigenvalue weighted by atomic mass is 35.5. The van der Waals surface area contributed by atoms with Crippen LogP contribution in [0.15, 0.2) is 57.7 Å². The molecule has 0 fully saturated rings. The monoisotopic (exact) mass is 455 g/mol. The fraction of sp³-hybridized carbons (Fsp3) is 0.167. The Morgan fingerprint density at radius 1 is 1.03 bits per heavy atom. The maximum absolute atomic E-state index is 12.9. The van der Waals surface area contributed by atoms with Gasteiger partial charge in [0, 0.05) is 16.8 Å². The Labute approximate surface area is 188 Å². The van der Waals surface area contributed by atoms with Gasteiger partial charge in [-0.05, 0) is 68.3 Å². The van der Waals surface area contributed by atoms with Crippen LogP contribution in [0.5, 0.6) is 5.75 Å². The van der Waals surface area contributed by atoms with Gasteiger partial charge in [0.05, 0.1) is 15.8 Å². The number of anilines is 1. The van der Waals surface area contributed by atoms with Crippen LogP contribution in [0.2, 0.25) is 10.0 Å². The molecule has 1 aromatic heterocycles. The zero-order valence-corrected chi connectivity index (χ0v) is 18.6. The summed E-state index contributed by atoms with van der Waals surface area (Å²) in [5.74, 6) is -0.0178. The zero-order chi connectivity index (χ0) is 22.3. The van der Waals surface area contributed by atoms with Crippen molar-refractivity contribution in [2.75, 3.05) is 5.32 Å². The lowest BCUT2D eigenvalue weighted by Crippen LogP contribution is -2.30. The summed E-state index contributed by atoms with van der Waals surface area (Å²) in [4.78, 5) is 25.5. The molecule has 31 heavy (non-hydrogen) atoms. The number of carbonyl (C=O) groups is 1. The van der Waals surface area contributed by atoms with E-state index in [0.717, 1.165) is 11.1 Å². The molecular weight excluding hydrogens is 437 g/mol. The van der Waals surface area contributed by atoms with Crippen molar-refractivity contribution in [2.24, 2.45) is 0 Å². The number of hydrogen-bond acceptors (Lipinski definition) is 4. The van der Waals surface area contributed by atoms with Crippen molar-refractivity contribution in [1.82, 2.24) is 0 Å². The van der Waals surface area contributed by atoms with Gasteiger partial charge in [0.15, 0.2) is 6.10 Å². The predicted octanol–water partition coefficient (Wildman–Crippen LogP) is 6.28. The van der Waals surface area contributed by atoms with Crippen LogP contribution in [-0.4, -0.2) is 12.0 Å². The first kappa shape index (κ1) is 21.2. The molecule has 0 aliphatic carbocycles. The lowest BCUT2D eigenvalue weighted by Gasteiger charge is -2.16. The molecule has 5 nitrogen and oxygen atoms in total. The summed E-state index contributed by atoms with van der Waals surface area (Å²) in [6, 6.07) is 13.5. The number of carbonyl (C=O) groups excluding carboxylic acids is 1. The molecule has 0 radical (unpaired) electrons. The van der Waals surface area contributed by atoms with Crippen LogP contribution in [0.4, 0.5) is 5.69 Å². The first-order valence-electron chi connectivity index (χ1n) is 9.63. The molecule has 0 saturated carbocycles. The summed E-state index contributed by atoms with van der Waals surface area (Å²) < 4.78 is 11.7. The number of ether oxygens (including phenoxy) is 1. The highest BCUT2D eigenvalue weighted by Crippen LogP contribution is 2.29. The van der Waals surface area contributed by atoms with Crippen LogP contribution in [0.25, 0.3) is 21.9 Å². The number of hydrogen-bond donors (Lipinski definition) is 1. The van der Waals surface area contributed by atoms with Gasteiger partial charge in [-0.25, -0.2) is 0 Å². The van der Waals surface area contributed by atoms with E-state index in [-0.39, 0.29) is 11.3 Å². The summed E-state index contributed by atoms with van der Waals surface area (Å²) in [7, 11) is 0. The molecule has 4 aromatic rings. The lowest BCUT2D eigenvalue weighted by atomic mass is 10.1. The third kappa shape index (κ3) is 4.24. The van der Waals surface area contributed by atoms with E-state index in [1.807, 2.05) is 26.0 Å². The van der Waals surface area contributed by atoms with Crippen molar-refractivity contribution in [3.8, 4) is 5.75 Å². The Hall–Kier alpha value is -3.02.